The molecule has 7 nitrogen and oxygen atoms in total. The Morgan fingerprint density at radius 1 is 1.04 bits per heavy atom. The zero-order chi connectivity index (χ0) is 18.1. The number of nitrogens with one attached hydrogen (secondary N) is 1. The number of hydrogen-bond acceptors (Lipinski definition) is 5. The van der Waals surface area contributed by atoms with Gasteiger partial charge >= 0.3 is 35.5 Å². The van der Waals surface area contributed by atoms with Crippen molar-refractivity contribution in [2.24, 2.45) is 0 Å². The molecule has 142 valence electrons. The fourth-order valence-electron chi connectivity index (χ4n) is 1.83. The summed E-state index contributed by atoms with van der Waals surface area (Å²) in [7, 11) is -2.13. The average molecular weight is 379 g/mol. The third-order valence-corrected chi connectivity index (χ3v) is 3.95. The standard InChI is InChI=1S/C12H24O3.C3H9NO3S.Na.H/c1-2-3-4-5-6-7-8-9-10-11(13)12(14)15;1-4-2-3-8(5,6)7;;/h11,13H,2-10H2,1H3,(H,14,15);4H,2-3H2,1H3,(H,5,6,7);;. The molecule has 0 rings (SSSR count). The van der Waals surface area contributed by atoms with Crippen molar-refractivity contribution in [3.05, 3.63) is 0 Å². The number of unbranched alkanes of at least 4 members (excludes halogenated alkanes) is 7. The molecule has 1 atom stereocenters. The minimum atomic E-state index is -3.75. The van der Waals surface area contributed by atoms with E-state index in [1.54, 1.807) is 7.05 Å². The van der Waals surface area contributed by atoms with Gasteiger partial charge in [-0.25, -0.2) is 4.79 Å². The van der Waals surface area contributed by atoms with Crippen LogP contribution in [-0.2, 0) is 14.9 Å². The predicted octanol–water partition coefficient (Wildman–Crippen LogP) is 1.41. The van der Waals surface area contributed by atoms with Gasteiger partial charge in [0.25, 0.3) is 10.1 Å². The van der Waals surface area contributed by atoms with Crippen molar-refractivity contribution < 1.29 is 28.0 Å². The summed E-state index contributed by atoms with van der Waals surface area (Å²) >= 11 is 0. The maximum absolute atomic E-state index is 10.3. The Morgan fingerprint density at radius 3 is 1.83 bits per heavy atom. The molecule has 9 heteroatoms. The Balaban J connectivity index is -0.000000419. The third-order valence-electron chi connectivity index (χ3n) is 3.23. The predicted molar refractivity (Wildman–Crippen MR) is 98.4 cm³/mol. The number of aliphatic hydroxyl groups excluding tert-OH is 1. The first-order valence-corrected chi connectivity index (χ1v) is 9.86. The van der Waals surface area contributed by atoms with E-state index >= 15 is 0 Å². The molecule has 0 saturated heterocycles. The SMILES string of the molecule is CCCCCCCCCCC(O)C(=O)O.CNCCS(=O)(=O)O.[NaH]. The van der Waals surface area contributed by atoms with Crippen LogP contribution in [0.25, 0.3) is 0 Å². The maximum atomic E-state index is 10.3. The molecule has 0 fully saturated rings. The molecule has 0 aromatic heterocycles. The average Bonchev–Trinajstić information content (AvgIpc) is 2.47. The molecule has 0 aliphatic heterocycles. The molecule has 0 amide bonds. The van der Waals surface area contributed by atoms with Gasteiger partial charge in [0.1, 0.15) is 0 Å². The number of hydrogen-bond donors (Lipinski definition) is 4. The molecule has 0 radical (unpaired) electrons. The molecule has 0 saturated carbocycles. The van der Waals surface area contributed by atoms with Crippen molar-refractivity contribution in [3.8, 4) is 0 Å². The summed E-state index contributed by atoms with van der Waals surface area (Å²) in [5.41, 5.74) is 0. The van der Waals surface area contributed by atoms with Crippen LogP contribution >= 0.6 is 0 Å². The van der Waals surface area contributed by atoms with E-state index in [-0.39, 0.29) is 35.3 Å². The molecule has 4 N–H and O–H groups in total. The van der Waals surface area contributed by atoms with Gasteiger partial charge in [-0.2, -0.15) is 8.42 Å². The van der Waals surface area contributed by atoms with Gasteiger partial charge in [-0.1, -0.05) is 58.3 Å². The molecule has 0 aliphatic rings. The first-order chi connectivity index (χ1) is 10.7. The molecule has 0 spiro atoms. The Hall–Kier alpha value is 0.300. The molecule has 0 aromatic rings. The first-order valence-electron chi connectivity index (χ1n) is 8.25. The van der Waals surface area contributed by atoms with E-state index in [1.165, 1.54) is 32.1 Å². The van der Waals surface area contributed by atoms with Crippen LogP contribution in [0.3, 0.4) is 0 Å². The quantitative estimate of drug-likeness (QED) is 0.217. The number of carbonyl (C=O) groups is 1. The van der Waals surface area contributed by atoms with Gasteiger partial charge in [-0.15, -0.1) is 0 Å². The molecular formula is C15H34NNaO6S. The molecule has 0 bridgehead atoms. The second-order valence-corrected chi connectivity index (χ2v) is 7.08. The number of carboxylic acids is 1. The van der Waals surface area contributed by atoms with Gasteiger partial charge in [0.15, 0.2) is 6.10 Å². The summed E-state index contributed by atoms with van der Waals surface area (Å²) < 4.78 is 27.9. The summed E-state index contributed by atoms with van der Waals surface area (Å²) in [4.78, 5) is 10.3. The molecule has 0 aromatic carbocycles. The molecule has 0 heterocycles. The fraction of sp³-hybridized carbons (Fsp3) is 0.933. The molecule has 1 unspecified atom stereocenters. The molecule has 24 heavy (non-hydrogen) atoms. The van der Waals surface area contributed by atoms with Crippen molar-refractivity contribution in [1.29, 1.82) is 0 Å². The number of rotatable bonds is 13. The van der Waals surface area contributed by atoms with Gasteiger partial charge in [0.2, 0.25) is 0 Å². The van der Waals surface area contributed by atoms with Crippen LogP contribution < -0.4 is 5.32 Å². The van der Waals surface area contributed by atoms with Crippen molar-refractivity contribution in [3.63, 3.8) is 0 Å². The van der Waals surface area contributed by atoms with E-state index < -0.39 is 22.2 Å². The van der Waals surface area contributed by atoms with E-state index in [4.69, 9.17) is 14.8 Å². The second-order valence-electron chi connectivity index (χ2n) is 5.51. The minimum absolute atomic E-state index is 0. The second kappa shape index (κ2) is 19.6. The zero-order valence-electron chi connectivity index (χ0n) is 14.3. The Bertz CT molecular complexity index is 378. The van der Waals surface area contributed by atoms with E-state index in [0.29, 0.717) is 13.0 Å². The fourth-order valence-corrected chi connectivity index (χ4v) is 2.29. The molecular weight excluding hydrogens is 345 g/mol. The van der Waals surface area contributed by atoms with Crippen LogP contribution in [-0.4, -0.2) is 84.2 Å². The van der Waals surface area contributed by atoms with Gasteiger partial charge in [-0.3, -0.25) is 4.55 Å². The van der Waals surface area contributed by atoms with Crippen LogP contribution in [0.15, 0.2) is 0 Å². The monoisotopic (exact) mass is 379 g/mol. The van der Waals surface area contributed by atoms with Gasteiger partial charge in [0.05, 0.1) is 5.75 Å². The summed E-state index contributed by atoms with van der Waals surface area (Å²) in [5.74, 6) is -1.32. The van der Waals surface area contributed by atoms with Crippen LogP contribution in [0.5, 0.6) is 0 Å². The normalized spacial score (nSPS) is 11.8. The Labute approximate surface area is 168 Å². The van der Waals surface area contributed by atoms with Crippen molar-refractivity contribution in [2.45, 2.75) is 70.8 Å². The van der Waals surface area contributed by atoms with Crippen LogP contribution in [0.2, 0.25) is 0 Å². The van der Waals surface area contributed by atoms with E-state index in [2.05, 4.69) is 12.2 Å². The van der Waals surface area contributed by atoms with E-state index in [9.17, 15) is 13.2 Å². The van der Waals surface area contributed by atoms with Crippen LogP contribution in [0, 0.1) is 0 Å². The van der Waals surface area contributed by atoms with Crippen LogP contribution in [0.1, 0.15) is 64.7 Å². The van der Waals surface area contributed by atoms with Crippen LogP contribution in [0.4, 0.5) is 0 Å². The summed E-state index contributed by atoms with van der Waals surface area (Å²) in [6, 6.07) is 0. The zero-order valence-corrected chi connectivity index (χ0v) is 15.1. The van der Waals surface area contributed by atoms with Crippen molar-refractivity contribution >= 4 is 45.6 Å². The van der Waals surface area contributed by atoms with Gasteiger partial charge in [-0.05, 0) is 13.5 Å². The van der Waals surface area contributed by atoms with Crippen molar-refractivity contribution in [1.82, 2.24) is 5.32 Å². The van der Waals surface area contributed by atoms with Gasteiger partial charge in [0, 0.05) is 6.54 Å². The Kier molecular flexibility index (Phi) is 23.8. The van der Waals surface area contributed by atoms with Gasteiger partial charge < -0.3 is 15.5 Å². The number of aliphatic hydroxyl groups is 1. The molecule has 0 aliphatic carbocycles. The summed E-state index contributed by atoms with van der Waals surface area (Å²) in [6.45, 7) is 2.49. The number of carboxylic acid groups (broad SMARTS) is 1. The number of aliphatic carboxylic acids is 1. The van der Waals surface area contributed by atoms with Crippen molar-refractivity contribution in [2.75, 3.05) is 19.3 Å². The summed E-state index contributed by atoms with van der Waals surface area (Å²) in [6.07, 6.45) is 8.68. The first kappa shape index (κ1) is 29.1. The third kappa shape index (κ3) is 27.2. The van der Waals surface area contributed by atoms with E-state index in [0.717, 1.165) is 19.3 Å². The topological polar surface area (TPSA) is 124 Å². The van der Waals surface area contributed by atoms with E-state index in [1.807, 2.05) is 0 Å². The Morgan fingerprint density at radius 2 is 1.50 bits per heavy atom. The summed E-state index contributed by atoms with van der Waals surface area (Å²) in [5, 5.41) is 20.0.